The average Bonchev–Trinajstić information content (AvgIpc) is 3.35. The minimum absolute atomic E-state index is 0. The van der Waals surface area contributed by atoms with Crippen molar-refractivity contribution in [2.75, 3.05) is 13.1 Å². The predicted molar refractivity (Wildman–Crippen MR) is 113 cm³/mol. The fraction of sp³-hybridized carbons (Fsp3) is 0.300. The van der Waals surface area contributed by atoms with Gasteiger partial charge >= 0.3 is 0 Å². The van der Waals surface area contributed by atoms with Crippen LogP contribution in [0.15, 0.2) is 46.9 Å². The van der Waals surface area contributed by atoms with E-state index in [1.807, 2.05) is 29.1 Å². The number of hydrogen-bond donors (Lipinski definition) is 1. The lowest BCUT2D eigenvalue weighted by Crippen LogP contribution is -2.38. The van der Waals surface area contributed by atoms with E-state index in [1.54, 1.807) is 11.3 Å². The maximum absolute atomic E-state index is 12.3. The molecule has 0 spiro atoms. The fourth-order valence-electron chi connectivity index (χ4n) is 3.76. The molecule has 0 unspecified atom stereocenters. The van der Waals surface area contributed by atoms with E-state index in [9.17, 15) is 4.79 Å². The molecule has 1 fully saturated rings. The van der Waals surface area contributed by atoms with Crippen LogP contribution in [0, 0.1) is 5.92 Å². The van der Waals surface area contributed by atoms with Crippen molar-refractivity contribution in [1.29, 1.82) is 0 Å². The van der Waals surface area contributed by atoms with Crippen LogP contribution in [0.1, 0.15) is 18.5 Å². The van der Waals surface area contributed by atoms with Crippen LogP contribution in [0.5, 0.6) is 0 Å². The molecule has 8 heteroatoms. The van der Waals surface area contributed by atoms with Gasteiger partial charge in [-0.25, -0.2) is 9.67 Å². The molecular weight excluding hydrogens is 394 g/mol. The zero-order valence-electron chi connectivity index (χ0n) is 15.2. The number of aliphatic imine (C=N–C) groups is 1. The number of fused-ring (bicyclic) bond motifs is 1. The molecule has 0 atom stereocenters. The summed E-state index contributed by atoms with van der Waals surface area (Å²) in [6, 6.07) is 10.1. The summed E-state index contributed by atoms with van der Waals surface area (Å²) < 4.78 is 1.89. The molecule has 28 heavy (non-hydrogen) atoms. The topological polar surface area (TPSA) is 72.2 Å². The molecule has 2 aliphatic rings. The number of aromatic nitrogens is 3. The summed E-state index contributed by atoms with van der Waals surface area (Å²) in [6.07, 6.45) is 4.08. The second-order valence-electron chi connectivity index (χ2n) is 6.89. The van der Waals surface area contributed by atoms with E-state index in [1.165, 1.54) is 0 Å². The molecule has 1 amide bonds. The van der Waals surface area contributed by atoms with Gasteiger partial charge in [0.05, 0.1) is 29.6 Å². The SMILES string of the molecule is Cl.O=C1Cc2c(-c3nc(-c4ccccc4)cs3)cnn2C(C2CCNCC2)=N1. The lowest BCUT2D eigenvalue weighted by molar-refractivity contribution is -0.117. The Morgan fingerprint density at radius 3 is 2.71 bits per heavy atom. The number of nitrogens with zero attached hydrogens (tertiary/aromatic N) is 4. The number of rotatable bonds is 3. The summed E-state index contributed by atoms with van der Waals surface area (Å²) in [4.78, 5) is 21.5. The molecule has 2 aliphatic heterocycles. The molecule has 6 nitrogen and oxygen atoms in total. The Bertz CT molecular complexity index is 1020. The van der Waals surface area contributed by atoms with Crippen LogP contribution in [0.3, 0.4) is 0 Å². The summed E-state index contributed by atoms with van der Waals surface area (Å²) in [5.74, 6) is 0.990. The first kappa shape index (κ1) is 19.0. The smallest absolute Gasteiger partial charge is 0.253 e. The van der Waals surface area contributed by atoms with Gasteiger partial charge in [0.2, 0.25) is 0 Å². The summed E-state index contributed by atoms with van der Waals surface area (Å²) >= 11 is 1.59. The normalized spacial score (nSPS) is 17.0. The van der Waals surface area contributed by atoms with E-state index in [4.69, 9.17) is 4.98 Å². The Morgan fingerprint density at radius 2 is 1.93 bits per heavy atom. The van der Waals surface area contributed by atoms with Crippen molar-refractivity contribution in [1.82, 2.24) is 20.1 Å². The predicted octanol–water partition coefficient (Wildman–Crippen LogP) is 3.42. The van der Waals surface area contributed by atoms with Crippen molar-refractivity contribution >= 4 is 35.5 Å². The fourth-order valence-corrected chi connectivity index (χ4v) is 4.62. The molecule has 1 aromatic carbocycles. The highest BCUT2D eigenvalue weighted by atomic mass is 35.5. The van der Waals surface area contributed by atoms with Crippen molar-refractivity contribution in [3.05, 3.63) is 47.6 Å². The number of piperidine rings is 1. The van der Waals surface area contributed by atoms with E-state index in [2.05, 4.69) is 32.9 Å². The lowest BCUT2D eigenvalue weighted by Gasteiger charge is -2.26. The van der Waals surface area contributed by atoms with Crippen molar-refractivity contribution in [2.45, 2.75) is 19.3 Å². The summed E-state index contributed by atoms with van der Waals surface area (Å²) in [6.45, 7) is 1.91. The van der Waals surface area contributed by atoms with Gasteiger partial charge in [-0.3, -0.25) is 4.79 Å². The molecule has 1 N–H and O–H groups in total. The highest BCUT2D eigenvalue weighted by Crippen LogP contribution is 2.33. The molecule has 1 saturated heterocycles. The van der Waals surface area contributed by atoms with Gasteiger partial charge in [-0.1, -0.05) is 30.3 Å². The second-order valence-corrected chi connectivity index (χ2v) is 7.74. The molecule has 2 aromatic heterocycles. The number of hydrogen-bond acceptors (Lipinski definition) is 5. The third kappa shape index (κ3) is 3.41. The molecule has 0 bridgehead atoms. The number of thiazole rings is 1. The summed E-state index contributed by atoms with van der Waals surface area (Å²) in [7, 11) is 0. The number of carbonyl (C=O) groups is 1. The van der Waals surface area contributed by atoms with Crippen LogP contribution in [-0.4, -0.2) is 39.6 Å². The highest BCUT2D eigenvalue weighted by Gasteiger charge is 2.30. The molecule has 0 aliphatic carbocycles. The van der Waals surface area contributed by atoms with Gasteiger partial charge < -0.3 is 5.32 Å². The van der Waals surface area contributed by atoms with Crippen molar-refractivity contribution in [2.24, 2.45) is 10.9 Å². The first-order chi connectivity index (χ1) is 13.3. The van der Waals surface area contributed by atoms with E-state index in [0.29, 0.717) is 0 Å². The van der Waals surface area contributed by atoms with Gasteiger partial charge in [-0.2, -0.15) is 10.1 Å². The maximum Gasteiger partial charge on any atom is 0.253 e. The monoisotopic (exact) mass is 413 g/mol. The molecule has 0 radical (unpaired) electrons. The highest BCUT2D eigenvalue weighted by molar-refractivity contribution is 7.13. The summed E-state index contributed by atoms with van der Waals surface area (Å²) in [5.41, 5.74) is 3.90. The van der Waals surface area contributed by atoms with E-state index in [0.717, 1.165) is 59.3 Å². The maximum atomic E-state index is 12.3. The van der Waals surface area contributed by atoms with Gasteiger partial charge in [0, 0.05) is 16.9 Å². The van der Waals surface area contributed by atoms with Gasteiger partial charge in [-0.15, -0.1) is 23.7 Å². The van der Waals surface area contributed by atoms with Crippen molar-refractivity contribution in [3.8, 4) is 21.8 Å². The Morgan fingerprint density at radius 1 is 1.14 bits per heavy atom. The minimum Gasteiger partial charge on any atom is -0.317 e. The molecular formula is C20H20ClN5OS. The quantitative estimate of drug-likeness (QED) is 0.714. The zero-order chi connectivity index (χ0) is 18.2. The molecule has 3 aromatic rings. The van der Waals surface area contributed by atoms with Crippen LogP contribution in [0.2, 0.25) is 0 Å². The van der Waals surface area contributed by atoms with E-state index >= 15 is 0 Å². The Balaban J connectivity index is 0.00000192. The van der Waals surface area contributed by atoms with Crippen LogP contribution >= 0.6 is 23.7 Å². The standard InChI is InChI=1S/C20H19N5OS.ClH/c26-18-10-17-15(20-23-16(12-27-20)13-4-2-1-3-5-13)11-22-25(17)19(24-18)14-6-8-21-9-7-14;/h1-5,11-12,14,21H,6-10H2;1H. The average molecular weight is 414 g/mol. The Labute approximate surface area is 173 Å². The third-order valence-corrected chi connectivity index (χ3v) is 6.03. The number of amides is 1. The largest absolute Gasteiger partial charge is 0.317 e. The third-order valence-electron chi connectivity index (χ3n) is 5.15. The Kier molecular flexibility index (Phi) is 5.39. The summed E-state index contributed by atoms with van der Waals surface area (Å²) in [5, 5.41) is 10.9. The Hall–Kier alpha value is -2.35. The number of benzene rings is 1. The van der Waals surface area contributed by atoms with Gasteiger partial charge in [0.1, 0.15) is 10.8 Å². The zero-order valence-corrected chi connectivity index (χ0v) is 16.8. The lowest BCUT2D eigenvalue weighted by atomic mass is 9.95. The van der Waals surface area contributed by atoms with E-state index < -0.39 is 0 Å². The molecule has 144 valence electrons. The molecule has 5 rings (SSSR count). The first-order valence-electron chi connectivity index (χ1n) is 9.20. The number of halogens is 1. The van der Waals surface area contributed by atoms with Crippen LogP contribution < -0.4 is 5.32 Å². The minimum atomic E-state index is -0.0855. The van der Waals surface area contributed by atoms with Crippen molar-refractivity contribution in [3.63, 3.8) is 0 Å². The van der Waals surface area contributed by atoms with Crippen LogP contribution in [0.25, 0.3) is 21.8 Å². The van der Waals surface area contributed by atoms with Gasteiger partial charge in [-0.05, 0) is 25.9 Å². The second kappa shape index (κ2) is 7.95. The molecule has 0 saturated carbocycles. The number of carbonyl (C=O) groups excluding carboxylic acids is 1. The van der Waals surface area contributed by atoms with Crippen LogP contribution in [0.4, 0.5) is 0 Å². The first-order valence-corrected chi connectivity index (χ1v) is 10.1. The van der Waals surface area contributed by atoms with Gasteiger partial charge in [0.15, 0.2) is 0 Å². The van der Waals surface area contributed by atoms with E-state index in [-0.39, 0.29) is 30.7 Å². The molecule has 4 heterocycles. The number of nitrogens with one attached hydrogen (secondary N) is 1. The van der Waals surface area contributed by atoms with Crippen LogP contribution in [-0.2, 0) is 11.2 Å². The van der Waals surface area contributed by atoms with Crippen molar-refractivity contribution < 1.29 is 4.79 Å². The van der Waals surface area contributed by atoms with Gasteiger partial charge in [0.25, 0.3) is 5.91 Å².